The van der Waals surface area contributed by atoms with Gasteiger partial charge in [-0.1, -0.05) is 85.6 Å². The fourth-order valence-corrected chi connectivity index (χ4v) is 6.53. The number of aliphatic hydroxyl groups is 2. The minimum absolute atomic E-state index is 0.181. The highest BCUT2D eigenvalue weighted by molar-refractivity contribution is 6.22. The van der Waals surface area contributed by atoms with Crippen LogP contribution >= 0.6 is 0 Å². The molecular weight excluding hydrogens is 514 g/mol. The first-order valence-electron chi connectivity index (χ1n) is 14.4. The SMILES string of the molecule is CCCC1=C([C@H](O)CC/C(=C/c2ccccc2O)c2ccccc2)[C@H](CO)[C@@H]2C(=O)N(c3ccccc3)C(=O)[C@@H]2C1. The first-order chi connectivity index (χ1) is 19.9. The Kier molecular flexibility index (Phi) is 8.81. The number of para-hydroxylation sites is 2. The van der Waals surface area contributed by atoms with Crippen molar-refractivity contribution in [2.24, 2.45) is 17.8 Å². The van der Waals surface area contributed by atoms with Crippen LogP contribution < -0.4 is 4.90 Å². The maximum Gasteiger partial charge on any atom is 0.238 e. The minimum atomic E-state index is -0.889. The Labute approximate surface area is 241 Å². The summed E-state index contributed by atoms with van der Waals surface area (Å²) in [5.41, 5.74) is 4.86. The number of aliphatic hydroxyl groups excluding tert-OH is 2. The van der Waals surface area contributed by atoms with Gasteiger partial charge >= 0.3 is 0 Å². The Bertz CT molecular complexity index is 1450. The molecule has 0 unspecified atom stereocenters. The molecule has 0 spiro atoms. The summed E-state index contributed by atoms with van der Waals surface area (Å²) in [6.45, 7) is 1.74. The summed E-state index contributed by atoms with van der Waals surface area (Å²) in [6, 6.07) is 25.9. The molecule has 2 aliphatic rings. The van der Waals surface area contributed by atoms with E-state index < -0.39 is 23.9 Å². The molecule has 3 aromatic rings. The molecular formula is C35H37NO5. The Morgan fingerprint density at radius 1 is 0.951 bits per heavy atom. The number of phenols is 1. The van der Waals surface area contributed by atoms with Crippen LogP contribution in [0.4, 0.5) is 5.69 Å². The normalized spacial score (nSPS) is 21.8. The standard InChI is InChI=1S/C35H37NO5/c1-2-11-26-21-28-33(35(41)36(34(28)40)27-15-7-4-8-16-27)29(22-37)32(26)31(39)19-18-24(23-12-5-3-6-13-23)20-25-14-9-10-17-30(25)38/h3-10,12-17,20,28-29,31,33,37-39H,2,11,18-19,21-22H2,1H3/b24-20-/t28-,29+,31-,33-/m1/s1. The number of amides is 2. The summed E-state index contributed by atoms with van der Waals surface area (Å²) >= 11 is 0. The number of hydrogen-bond donors (Lipinski definition) is 3. The number of imide groups is 1. The Hall–Kier alpha value is -4.00. The molecule has 5 rings (SSSR count). The summed E-state index contributed by atoms with van der Waals surface area (Å²) in [6.07, 6.45) is 3.86. The third-order valence-electron chi connectivity index (χ3n) is 8.40. The highest BCUT2D eigenvalue weighted by atomic mass is 16.3. The fraction of sp³-hybridized carbons (Fsp3) is 0.314. The third kappa shape index (κ3) is 5.76. The Morgan fingerprint density at radius 2 is 1.61 bits per heavy atom. The topological polar surface area (TPSA) is 98.1 Å². The second-order valence-corrected chi connectivity index (χ2v) is 10.9. The van der Waals surface area contributed by atoms with Gasteiger partial charge in [-0.3, -0.25) is 14.5 Å². The monoisotopic (exact) mass is 551 g/mol. The zero-order valence-electron chi connectivity index (χ0n) is 23.3. The number of fused-ring (bicyclic) bond motifs is 1. The van der Waals surface area contributed by atoms with Crippen LogP contribution in [0.25, 0.3) is 11.6 Å². The quantitative estimate of drug-likeness (QED) is 0.163. The smallest absolute Gasteiger partial charge is 0.238 e. The van der Waals surface area contributed by atoms with Gasteiger partial charge < -0.3 is 15.3 Å². The van der Waals surface area contributed by atoms with E-state index in [2.05, 4.69) is 6.92 Å². The number of hydrogen-bond acceptors (Lipinski definition) is 5. The van der Waals surface area contributed by atoms with Crippen LogP contribution in [-0.2, 0) is 9.59 Å². The largest absolute Gasteiger partial charge is 0.507 e. The van der Waals surface area contributed by atoms with E-state index in [0.29, 0.717) is 42.5 Å². The van der Waals surface area contributed by atoms with E-state index in [9.17, 15) is 24.9 Å². The Balaban J connectivity index is 1.45. The van der Waals surface area contributed by atoms with Crippen molar-refractivity contribution in [3.8, 4) is 5.75 Å². The number of rotatable bonds is 10. The predicted molar refractivity (Wildman–Crippen MR) is 161 cm³/mol. The van der Waals surface area contributed by atoms with Crippen LogP contribution in [-0.4, -0.2) is 39.8 Å². The highest BCUT2D eigenvalue weighted by Gasteiger charge is 2.55. The minimum Gasteiger partial charge on any atom is -0.507 e. The lowest BCUT2D eigenvalue weighted by atomic mass is 9.67. The van der Waals surface area contributed by atoms with Crippen molar-refractivity contribution in [3.05, 3.63) is 107 Å². The van der Waals surface area contributed by atoms with E-state index in [-0.39, 0.29) is 24.2 Å². The third-order valence-corrected chi connectivity index (χ3v) is 8.40. The van der Waals surface area contributed by atoms with E-state index in [0.717, 1.165) is 23.1 Å². The number of allylic oxidation sites excluding steroid dienone is 2. The van der Waals surface area contributed by atoms with Gasteiger partial charge in [-0.25, -0.2) is 0 Å². The second-order valence-electron chi connectivity index (χ2n) is 10.9. The Morgan fingerprint density at radius 3 is 2.27 bits per heavy atom. The second kappa shape index (κ2) is 12.7. The van der Waals surface area contributed by atoms with Crippen molar-refractivity contribution in [3.63, 3.8) is 0 Å². The molecule has 2 amide bonds. The van der Waals surface area contributed by atoms with Crippen molar-refractivity contribution in [2.75, 3.05) is 11.5 Å². The van der Waals surface area contributed by atoms with Crippen LogP contribution in [0.1, 0.15) is 50.2 Å². The van der Waals surface area contributed by atoms with Gasteiger partial charge in [0.15, 0.2) is 0 Å². The van der Waals surface area contributed by atoms with Crippen molar-refractivity contribution in [1.82, 2.24) is 0 Å². The molecule has 0 saturated carbocycles. The fourth-order valence-electron chi connectivity index (χ4n) is 6.53. The van der Waals surface area contributed by atoms with Crippen LogP contribution in [0, 0.1) is 17.8 Å². The average molecular weight is 552 g/mol. The molecule has 3 aromatic carbocycles. The van der Waals surface area contributed by atoms with Crippen LogP contribution in [0.15, 0.2) is 96.1 Å². The molecule has 0 aromatic heterocycles. The maximum atomic E-state index is 13.7. The van der Waals surface area contributed by atoms with Gasteiger partial charge in [-0.2, -0.15) is 0 Å². The molecule has 3 N–H and O–H groups in total. The van der Waals surface area contributed by atoms with Crippen LogP contribution in [0.3, 0.4) is 0 Å². The maximum absolute atomic E-state index is 13.7. The summed E-state index contributed by atoms with van der Waals surface area (Å²) in [4.78, 5) is 28.5. The number of anilines is 1. The van der Waals surface area contributed by atoms with Gasteiger partial charge in [0, 0.05) is 11.5 Å². The summed E-state index contributed by atoms with van der Waals surface area (Å²) in [5.74, 6) is -2.24. The number of benzene rings is 3. The zero-order chi connectivity index (χ0) is 28.9. The molecule has 212 valence electrons. The molecule has 4 atom stereocenters. The molecule has 6 heteroatoms. The molecule has 1 aliphatic carbocycles. The summed E-state index contributed by atoms with van der Waals surface area (Å²) in [5, 5.41) is 32.7. The van der Waals surface area contributed by atoms with Gasteiger partial charge in [-0.15, -0.1) is 0 Å². The van der Waals surface area contributed by atoms with Gasteiger partial charge in [0.05, 0.1) is 30.2 Å². The van der Waals surface area contributed by atoms with E-state index in [4.69, 9.17) is 0 Å². The van der Waals surface area contributed by atoms with Gasteiger partial charge in [0.2, 0.25) is 11.8 Å². The van der Waals surface area contributed by atoms with Crippen molar-refractivity contribution < 1.29 is 24.9 Å². The molecule has 0 bridgehead atoms. The van der Waals surface area contributed by atoms with Crippen molar-refractivity contribution in [1.29, 1.82) is 0 Å². The number of carbonyl (C=O) groups excluding carboxylic acids is 2. The molecule has 0 radical (unpaired) electrons. The molecule has 1 heterocycles. The predicted octanol–water partition coefficient (Wildman–Crippen LogP) is 5.99. The summed E-state index contributed by atoms with van der Waals surface area (Å²) < 4.78 is 0. The number of carbonyl (C=O) groups is 2. The zero-order valence-corrected chi connectivity index (χ0v) is 23.3. The van der Waals surface area contributed by atoms with Gasteiger partial charge in [-0.05, 0) is 66.7 Å². The summed E-state index contributed by atoms with van der Waals surface area (Å²) in [7, 11) is 0. The lowest BCUT2D eigenvalue weighted by Gasteiger charge is -2.36. The van der Waals surface area contributed by atoms with Crippen molar-refractivity contribution >= 4 is 29.2 Å². The molecule has 1 fully saturated rings. The van der Waals surface area contributed by atoms with E-state index in [1.807, 2.05) is 54.6 Å². The van der Waals surface area contributed by atoms with E-state index in [1.54, 1.807) is 36.4 Å². The first-order valence-corrected chi connectivity index (χ1v) is 14.4. The molecule has 1 aliphatic heterocycles. The lowest BCUT2D eigenvalue weighted by molar-refractivity contribution is -0.123. The molecule has 6 nitrogen and oxygen atoms in total. The van der Waals surface area contributed by atoms with Gasteiger partial charge in [0.25, 0.3) is 0 Å². The molecule has 1 saturated heterocycles. The number of phenolic OH excluding ortho intramolecular Hbond substituents is 1. The van der Waals surface area contributed by atoms with Crippen molar-refractivity contribution in [2.45, 2.75) is 45.1 Å². The average Bonchev–Trinajstić information content (AvgIpc) is 3.25. The number of nitrogens with zero attached hydrogens (tertiary/aromatic N) is 1. The highest BCUT2D eigenvalue weighted by Crippen LogP contribution is 2.48. The first kappa shape index (κ1) is 28.5. The van der Waals surface area contributed by atoms with E-state index >= 15 is 0 Å². The van der Waals surface area contributed by atoms with Gasteiger partial charge in [0.1, 0.15) is 5.75 Å². The van der Waals surface area contributed by atoms with E-state index in [1.165, 1.54) is 4.90 Å². The molecule has 41 heavy (non-hydrogen) atoms. The number of aromatic hydroxyl groups is 1. The lowest BCUT2D eigenvalue weighted by Crippen LogP contribution is -2.39. The van der Waals surface area contributed by atoms with Crippen LogP contribution in [0.5, 0.6) is 5.75 Å². The van der Waals surface area contributed by atoms with Crippen LogP contribution in [0.2, 0.25) is 0 Å².